The molecule has 0 atom stereocenters. The molecule has 138 valence electrons. The van der Waals surface area contributed by atoms with E-state index in [1.807, 2.05) is 24.4 Å². The standard InChI is InChI=1S/C20H19ClFN5/c1-13(9-15(22)12-23-2)20-26-18(21)10-19(27-20)24-8-7-14-11-25-17-6-4-3-5-16(14)17/h3-6,9-12,25H,2,7-8H2,1H3,(H,24,26,27)/b13-9+,15-12+. The molecule has 3 rings (SSSR count). The molecule has 27 heavy (non-hydrogen) atoms. The molecule has 0 spiro atoms. The van der Waals surface area contributed by atoms with Gasteiger partial charge < -0.3 is 10.3 Å². The fourth-order valence-corrected chi connectivity index (χ4v) is 2.93. The van der Waals surface area contributed by atoms with Crippen LogP contribution < -0.4 is 5.32 Å². The minimum Gasteiger partial charge on any atom is -0.370 e. The van der Waals surface area contributed by atoms with Crippen LogP contribution in [-0.2, 0) is 6.42 Å². The quantitative estimate of drug-likeness (QED) is 0.335. The second-order valence-electron chi connectivity index (χ2n) is 5.96. The molecule has 0 bridgehead atoms. The van der Waals surface area contributed by atoms with E-state index in [4.69, 9.17) is 11.6 Å². The lowest BCUT2D eigenvalue weighted by Gasteiger charge is -2.08. The summed E-state index contributed by atoms with van der Waals surface area (Å²) in [6, 6.07) is 9.81. The molecule has 0 amide bonds. The van der Waals surface area contributed by atoms with Crippen molar-refractivity contribution in [2.45, 2.75) is 13.3 Å². The van der Waals surface area contributed by atoms with Crippen molar-refractivity contribution in [1.82, 2.24) is 15.0 Å². The summed E-state index contributed by atoms with van der Waals surface area (Å²) in [6.45, 7) is 5.60. The van der Waals surface area contributed by atoms with Gasteiger partial charge in [-0.3, -0.25) is 4.99 Å². The molecular formula is C20H19ClFN5. The van der Waals surface area contributed by atoms with E-state index in [1.54, 1.807) is 13.0 Å². The summed E-state index contributed by atoms with van der Waals surface area (Å²) < 4.78 is 13.6. The lowest BCUT2D eigenvalue weighted by atomic mass is 10.1. The highest BCUT2D eigenvalue weighted by molar-refractivity contribution is 6.29. The molecule has 0 aliphatic carbocycles. The summed E-state index contributed by atoms with van der Waals surface area (Å²) >= 11 is 6.09. The fraction of sp³-hybridized carbons (Fsp3) is 0.150. The van der Waals surface area contributed by atoms with E-state index in [2.05, 4.69) is 38.0 Å². The van der Waals surface area contributed by atoms with Crippen molar-refractivity contribution in [1.29, 1.82) is 0 Å². The maximum atomic E-state index is 13.6. The van der Waals surface area contributed by atoms with Gasteiger partial charge in [-0.1, -0.05) is 29.8 Å². The first-order valence-electron chi connectivity index (χ1n) is 8.40. The van der Waals surface area contributed by atoms with E-state index in [9.17, 15) is 4.39 Å². The van der Waals surface area contributed by atoms with Crippen LogP contribution in [0.25, 0.3) is 16.5 Å². The molecular weight excluding hydrogens is 365 g/mol. The lowest BCUT2D eigenvalue weighted by Crippen LogP contribution is -2.08. The van der Waals surface area contributed by atoms with Crippen LogP contribution in [0.15, 0.2) is 59.6 Å². The number of aromatic amines is 1. The molecule has 3 aromatic rings. The number of hydrogen-bond acceptors (Lipinski definition) is 4. The van der Waals surface area contributed by atoms with E-state index in [1.165, 1.54) is 17.0 Å². The molecule has 1 aromatic carbocycles. The van der Waals surface area contributed by atoms with Crippen LogP contribution in [-0.4, -0.2) is 28.2 Å². The van der Waals surface area contributed by atoms with Crippen molar-refractivity contribution in [2.75, 3.05) is 11.9 Å². The second kappa shape index (κ2) is 8.60. The third kappa shape index (κ3) is 4.80. The zero-order chi connectivity index (χ0) is 19.2. The number of aliphatic imine (C=N–C) groups is 1. The van der Waals surface area contributed by atoms with Crippen molar-refractivity contribution >= 4 is 40.6 Å². The van der Waals surface area contributed by atoms with E-state index in [0.29, 0.717) is 23.8 Å². The Kier molecular flexibility index (Phi) is 5.98. The smallest absolute Gasteiger partial charge is 0.158 e. The number of nitrogens with zero attached hydrogens (tertiary/aromatic N) is 3. The topological polar surface area (TPSA) is 66.0 Å². The Bertz CT molecular complexity index is 1020. The van der Waals surface area contributed by atoms with Gasteiger partial charge in [-0.2, -0.15) is 0 Å². The van der Waals surface area contributed by atoms with Crippen LogP contribution in [0.2, 0.25) is 5.15 Å². The highest BCUT2D eigenvalue weighted by Crippen LogP contribution is 2.20. The summed E-state index contributed by atoms with van der Waals surface area (Å²) in [7, 11) is 0. The van der Waals surface area contributed by atoms with Crippen LogP contribution in [0.3, 0.4) is 0 Å². The molecule has 0 saturated carbocycles. The zero-order valence-corrected chi connectivity index (χ0v) is 15.6. The van der Waals surface area contributed by atoms with Crippen LogP contribution in [0.4, 0.5) is 10.2 Å². The first-order valence-corrected chi connectivity index (χ1v) is 8.78. The summed E-state index contributed by atoms with van der Waals surface area (Å²) in [5.74, 6) is 0.411. The van der Waals surface area contributed by atoms with Crippen molar-refractivity contribution in [3.05, 3.63) is 71.2 Å². The maximum absolute atomic E-state index is 13.6. The normalized spacial score (nSPS) is 12.4. The predicted octanol–water partition coefficient (Wildman–Crippen LogP) is 5.18. The Morgan fingerprint density at radius 2 is 2.19 bits per heavy atom. The highest BCUT2D eigenvalue weighted by atomic mass is 35.5. The molecule has 0 aliphatic heterocycles. The third-order valence-corrected chi connectivity index (χ3v) is 4.19. The van der Waals surface area contributed by atoms with Crippen molar-refractivity contribution in [3.8, 4) is 0 Å². The van der Waals surface area contributed by atoms with Crippen molar-refractivity contribution in [2.24, 2.45) is 4.99 Å². The molecule has 2 heterocycles. The number of halogens is 2. The lowest BCUT2D eigenvalue weighted by molar-refractivity contribution is 0.664. The number of anilines is 1. The van der Waals surface area contributed by atoms with Crippen LogP contribution in [0.5, 0.6) is 0 Å². The largest absolute Gasteiger partial charge is 0.370 e. The Hall–Kier alpha value is -2.99. The summed E-state index contributed by atoms with van der Waals surface area (Å²) in [6.07, 6.45) is 5.14. The van der Waals surface area contributed by atoms with Crippen LogP contribution >= 0.6 is 11.6 Å². The average molecular weight is 384 g/mol. The number of hydrogen-bond donors (Lipinski definition) is 2. The second-order valence-corrected chi connectivity index (χ2v) is 6.35. The Morgan fingerprint density at radius 1 is 1.37 bits per heavy atom. The monoisotopic (exact) mass is 383 g/mol. The highest BCUT2D eigenvalue weighted by Gasteiger charge is 2.07. The SMILES string of the molecule is C=N/C=C(F)\C=C(/C)c1nc(Cl)cc(NCCc2c[nH]c3ccccc23)n1. The fourth-order valence-electron chi connectivity index (χ4n) is 2.74. The minimum atomic E-state index is -0.528. The Labute approximate surface area is 161 Å². The van der Waals surface area contributed by atoms with E-state index in [0.717, 1.165) is 18.1 Å². The number of aromatic nitrogens is 3. The first-order chi connectivity index (χ1) is 13.1. The van der Waals surface area contributed by atoms with Gasteiger partial charge in [-0.05, 0) is 43.3 Å². The molecule has 0 fully saturated rings. The predicted molar refractivity (Wildman–Crippen MR) is 110 cm³/mol. The average Bonchev–Trinajstić information content (AvgIpc) is 3.05. The number of fused-ring (bicyclic) bond motifs is 1. The number of allylic oxidation sites excluding steroid dienone is 3. The van der Waals surface area contributed by atoms with Crippen LogP contribution in [0, 0.1) is 0 Å². The summed E-state index contributed by atoms with van der Waals surface area (Å²) in [5, 5.41) is 4.74. The van der Waals surface area contributed by atoms with Gasteiger partial charge in [0, 0.05) is 29.7 Å². The van der Waals surface area contributed by atoms with Gasteiger partial charge in [-0.25, -0.2) is 14.4 Å². The molecule has 0 unspecified atom stereocenters. The van der Waals surface area contributed by atoms with Gasteiger partial charge in [0.15, 0.2) is 5.82 Å². The number of para-hydroxylation sites is 1. The van der Waals surface area contributed by atoms with E-state index < -0.39 is 5.83 Å². The maximum Gasteiger partial charge on any atom is 0.158 e. The first kappa shape index (κ1) is 18.8. The van der Waals surface area contributed by atoms with Crippen molar-refractivity contribution in [3.63, 3.8) is 0 Å². The summed E-state index contributed by atoms with van der Waals surface area (Å²) in [4.78, 5) is 15.2. The van der Waals surface area contributed by atoms with Gasteiger partial charge in [0.1, 0.15) is 16.8 Å². The molecule has 0 radical (unpaired) electrons. The number of benzene rings is 1. The van der Waals surface area contributed by atoms with Gasteiger partial charge >= 0.3 is 0 Å². The molecule has 0 aliphatic rings. The van der Waals surface area contributed by atoms with Gasteiger partial charge in [0.05, 0.1) is 6.20 Å². The van der Waals surface area contributed by atoms with Gasteiger partial charge in [0.25, 0.3) is 0 Å². The summed E-state index contributed by atoms with van der Waals surface area (Å²) in [5.41, 5.74) is 2.87. The minimum absolute atomic E-state index is 0.286. The van der Waals surface area contributed by atoms with Crippen molar-refractivity contribution < 1.29 is 4.39 Å². The van der Waals surface area contributed by atoms with E-state index >= 15 is 0 Å². The zero-order valence-electron chi connectivity index (χ0n) is 14.8. The Morgan fingerprint density at radius 3 is 3.00 bits per heavy atom. The molecule has 7 heteroatoms. The molecule has 2 aromatic heterocycles. The van der Waals surface area contributed by atoms with Crippen LogP contribution in [0.1, 0.15) is 18.3 Å². The number of rotatable bonds is 7. The molecule has 5 nitrogen and oxygen atoms in total. The Balaban J connectivity index is 1.71. The third-order valence-electron chi connectivity index (χ3n) is 3.99. The number of nitrogens with one attached hydrogen (secondary N) is 2. The number of H-pyrrole nitrogens is 1. The molecule has 2 N–H and O–H groups in total. The van der Waals surface area contributed by atoms with Gasteiger partial charge in [0.2, 0.25) is 0 Å². The van der Waals surface area contributed by atoms with Gasteiger partial charge in [-0.15, -0.1) is 0 Å². The van der Waals surface area contributed by atoms with E-state index in [-0.39, 0.29) is 5.15 Å². The molecule has 0 saturated heterocycles.